The van der Waals surface area contributed by atoms with Crippen LogP contribution >= 0.6 is 0 Å². The molecule has 3 N–H and O–H groups in total. The van der Waals surface area contributed by atoms with E-state index in [1.807, 2.05) is 13.1 Å². The van der Waals surface area contributed by atoms with Gasteiger partial charge in [0.15, 0.2) is 0 Å². The highest BCUT2D eigenvalue weighted by Crippen LogP contribution is 2.21. The number of carbonyl (C=O) groups excluding carboxylic acids is 1. The summed E-state index contributed by atoms with van der Waals surface area (Å²) in [6.07, 6.45) is 1.73. The van der Waals surface area contributed by atoms with Crippen LogP contribution in [0, 0.1) is 0 Å². The van der Waals surface area contributed by atoms with Gasteiger partial charge in [0.2, 0.25) is 0 Å². The maximum absolute atomic E-state index is 11.7. The van der Waals surface area contributed by atoms with E-state index >= 15 is 0 Å². The third-order valence-corrected chi connectivity index (χ3v) is 2.95. The fourth-order valence-electron chi connectivity index (χ4n) is 1.81. The normalized spacial score (nSPS) is 10.3. The van der Waals surface area contributed by atoms with Gasteiger partial charge in [0, 0.05) is 13.2 Å². The summed E-state index contributed by atoms with van der Waals surface area (Å²) in [5.41, 5.74) is 8.69. The number of anilines is 2. The average molecular weight is 274 g/mol. The molecule has 0 aliphatic rings. The molecule has 6 heteroatoms. The molecule has 0 saturated heterocycles. The molecule has 106 valence electrons. The molecule has 0 spiro atoms. The van der Waals surface area contributed by atoms with Crippen molar-refractivity contribution in [2.45, 2.75) is 13.5 Å². The van der Waals surface area contributed by atoms with Crippen LogP contribution in [0.5, 0.6) is 0 Å². The molecular formula is C14H18N4O2. The standard InChI is InChI=1S/C14H18N4O2/c1-3-20-14(19)10-4-5-12(15)13(8-10)16-9-11-6-7-17-18(11)2/h4-8,16H,3,9,15H2,1-2H3. The quantitative estimate of drug-likeness (QED) is 0.641. The summed E-state index contributed by atoms with van der Waals surface area (Å²) < 4.78 is 6.75. The molecule has 1 aromatic heterocycles. The van der Waals surface area contributed by atoms with Crippen LogP contribution in [0.4, 0.5) is 11.4 Å². The van der Waals surface area contributed by atoms with Crippen molar-refractivity contribution in [2.24, 2.45) is 7.05 Å². The van der Waals surface area contributed by atoms with E-state index in [4.69, 9.17) is 10.5 Å². The molecule has 0 bridgehead atoms. The van der Waals surface area contributed by atoms with Crippen LogP contribution in [0.15, 0.2) is 30.5 Å². The van der Waals surface area contributed by atoms with Crippen molar-refractivity contribution in [3.05, 3.63) is 41.7 Å². The minimum atomic E-state index is -0.351. The number of rotatable bonds is 5. The molecule has 0 atom stereocenters. The molecule has 0 aliphatic carbocycles. The number of aromatic nitrogens is 2. The lowest BCUT2D eigenvalue weighted by Gasteiger charge is -2.11. The van der Waals surface area contributed by atoms with Crippen LogP contribution in [-0.4, -0.2) is 22.4 Å². The van der Waals surface area contributed by atoms with E-state index in [9.17, 15) is 4.79 Å². The molecule has 0 saturated carbocycles. The van der Waals surface area contributed by atoms with Gasteiger partial charge >= 0.3 is 5.97 Å². The first-order valence-electron chi connectivity index (χ1n) is 6.39. The van der Waals surface area contributed by atoms with Crippen molar-refractivity contribution >= 4 is 17.3 Å². The number of aryl methyl sites for hydroxylation is 1. The van der Waals surface area contributed by atoms with Crippen LogP contribution in [0.2, 0.25) is 0 Å². The lowest BCUT2D eigenvalue weighted by molar-refractivity contribution is 0.0526. The van der Waals surface area contributed by atoms with Gasteiger partial charge in [-0.05, 0) is 31.2 Å². The van der Waals surface area contributed by atoms with Crippen molar-refractivity contribution < 1.29 is 9.53 Å². The maximum Gasteiger partial charge on any atom is 0.338 e. The van der Waals surface area contributed by atoms with E-state index in [1.54, 1.807) is 36.0 Å². The van der Waals surface area contributed by atoms with Crippen molar-refractivity contribution in [3.63, 3.8) is 0 Å². The zero-order valence-electron chi connectivity index (χ0n) is 11.6. The third kappa shape index (κ3) is 3.09. The molecule has 2 aromatic rings. The Kier molecular flexibility index (Phi) is 4.24. The van der Waals surface area contributed by atoms with E-state index in [0.717, 1.165) is 5.69 Å². The number of nitrogen functional groups attached to an aromatic ring is 1. The fourth-order valence-corrected chi connectivity index (χ4v) is 1.81. The van der Waals surface area contributed by atoms with E-state index < -0.39 is 0 Å². The number of esters is 1. The second-order valence-corrected chi connectivity index (χ2v) is 4.32. The monoisotopic (exact) mass is 274 g/mol. The highest BCUT2D eigenvalue weighted by molar-refractivity contribution is 5.92. The third-order valence-electron chi connectivity index (χ3n) is 2.95. The SMILES string of the molecule is CCOC(=O)c1ccc(N)c(NCc2ccnn2C)c1. The Morgan fingerprint density at radius 3 is 2.90 bits per heavy atom. The van der Waals surface area contributed by atoms with E-state index in [2.05, 4.69) is 10.4 Å². The molecule has 20 heavy (non-hydrogen) atoms. The predicted octanol–water partition coefficient (Wildman–Crippen LogP) is 1.79. The summed E-state index contributed by atoms with van der Waals surface area (Å²) in [7, 11) is 1.87. The van der Waals surface area contributed by atoms with Gasteiger partial charge in [0.1, 0.15) is 0 Å². The summed E-state index contributed by atoms with van der Waals surface area (Å²) in [6, 6.07) is 6.96. The molecule has 0 amide bonds. The molecule has 2 rings (SSSR count). The Morgan fingerprint density at radius 1 is 1.45 bits per heavy atom. The number of ether oxygens (including phenoxy) is 1. The van der Waals surface area contributed by atoms with Crippen molar-refractivity contribution in [1.82, 2.24) is 9.78 Å². The zero-order chi connectivity index (χ0) is 14.5. The highest BCUT2D eigenvalue weighted by Gasteiger charge is 2.09. The van der Waals surface area contributed by atoms with Gasteiger partial charge in [0.05, 0.1) is 35.8 Å². The smallest absolute Gasteiger partial charge is 0.338 e. The molecule has 0 unspecified atom stereocenters. The first kappa shape index (κ1) is 13.9. The summed E-state index contributed by atoms with van der Waals surface area (Å²) in [5, 5.41) is 7.29. The molecule has 1 aromatic carbocycles. The van der Waals surface area contributed by atoms with E-state index in [0.29, 0.717) is 30.1 Å². The summed E-state index contributed by atoms with van der Waals surface area (Å²) >= 11 is 0. The first-order valence-corrected chi connectivity index (χ1v) is 6.39. The van der Waals surface area contributed by atoms with Gasteiger partial charge in [-0.15, -0.1) is 0 Å². The number of carbonyl (C=O) groups is 1. The summed E-state index contributed by atoms with van der Waals surface area (Å²) in [4.78, 5) is 11.7. The summed E-state index contributed by atoms with van der Waals surface area (Å²) in [6.45, 7) is 2.70. The Morgan fingerprint density at radius 2 is 2.25 bits per heavy atom. The largest absolute Gasteiger partial charge is 0.462 e. The van der Waals surface area contributed by atoms with E-state index in [-0.39, 0.29) is 5.97 Å². The number of nitrogens with one attached hydrogen (secondary N) is 1. The molecular weight excluding hydrogens is 256 g/mol. The van der Waals surface area contributed by atoms with Gasteiger partial charge < -0.3 is 15.8 Å². The second kappa shape index (κ2) is 6.10. The molecule has 0 fully saturated rings. The molecule has 1 heterocycles. The van der Waals surface area contributed by atoms with Gasteiger partial charge in [-0.3, -0.25) is 4.68 Å². The number of hydrogen-bond acceptors (Lipinski definition) is 5. The van der Waals surface area contributed by atoms with Gasteiger partial charge in [-0.25, -0.2) is 4.79 Å². The molecule has 0 radical (unpaired) electrons. The number of hydrogen-bond donors (Lipinski definition) is 2. The van der Waals surface area contributed by atoms with Crippen molar-refractivity contribution in [2.75, 3.05) is 17.7 Å². The predicted molar refractivity (Wildman–Crippen MR) is 77.3 cm³/mol. The first-order chi connectivity index (χ1) is 9.61. The van der Waals surface area contributed by atoms with Gasteiger partial charge in [0.25, 0.3) is 0 Å². The molecule has 0 aliphatic heterocycles. The van der Waals surface area contributed by atoms with Crippen LogP contribution in [0.25, 0.3) is 0 Å². The Balaban J connectivity index is 2.12. The maximum atomic E-state index is 11.7. The van der Waals surface area contributed by atoms with Crippen molar-refractivity contribution in [1.29, 1.82) is 0 Å². The number of nitrogens with two attached hydrogens (primary N) is 1. The van der Waals surface area contributed by atoms with E-state index in [1.165, 1.54) is 0 Å². The topological polar surface area (TPSA) is 82.2 Å². The lowest BCUT2D eigenvalue weighted by Crippen LogP contribution is -2.09. The van der Waals surface area contributed by atoms with Crippen LogP contribution in [-0.2, 0) is 18.3 Å². The minimum absolute atomic E-state index is 0.348. The Labute approximate surface area is 117 Å². The second-order valence-electron chi connectivity index (χ2n) is 4.32. The average Bonchev–Trinajstić information content (AvgIpc) is 2.83. The van der Waals surface area contributed by atoms with Crippen LogP contribution < -0.4 is 11.1 Å². The van der Waals surface area contributed by atoms with Gasteiger partial charge in [-0.2, -0.15) is 5.10 Å². The Hall–Kier alpha value is -2.50. The van der Waals surface area contributed by atoms with Gasteiger partial charge in [-0.1, -0.05) is 0 Å². The number of benzene rings is 1. The van der Waals surface area contributed by atoms with Crippen LogP contribution in [0.1, 0.15) is 23.0 Å². The fraction of sp³-hybridized carbons (Fsp3) is 0.286. The van der Waals surface area contributed by atoms with Crippen LogP contribution in [0.3, 0.4) is 0 Å². The highest BCUT2D eigenvalue weighted by atomic mass is 16.5. The number of nitrogens with zero attached hydrogens (tertiary/aromatic N) is 2. The Bertz CT molecular complexity index is 607. The lowest BCUT2D eigenvalue weighted by atomic mass is 10.1. The zero-order valence-corrected chi connectivity index (χ0v) is 11.6. The minimum Gasteiger partial charge on any atom is -0.462 e. The summed E-state index contributed by atoms with van der Waals surface area (Å²) in [5.74, 6) is -0.351. The van der Waals surface area contributed by atoms with Crippen molar-refractivity contribution in [3.8, 4) is 0 Å². The molecule has 6 nitrogen and oxygen atoms in total.